The van der Waals surface area contributed by atoms with Crippen LogP contribution in [0.2, 0.25) is 5.02 Å². The number of methoxy groups -OCH3 is 1. The Hall–Kier alpha value is -4.38. The predicted octanol–water partition coefficient (Wildman–Crippen LogP) is 5.98. The zero-order chi connectivity index (χ0) is 30.9. The second kappa shape index (κ2) is 12.1. The third kappa shape index (κ3) is 6.51. The maximum Gasteiger partial charge on any atom is 0.410 e. The Morgan fingerprint density at radius 1 is 1.07 bits per heavy atom. The Morgan fingerprint density at radius 2 is 1.79 bits per heavy atom. The molecular weight excluding hydrogens is 577 g/mol. The lowest BCUT2D eigenvalue weighted by molar-refractivity contribution is -0.140. The van der Waals surface area contributed by atoms with E-state index >= 15 is 4.39 Å². The van der Waals surface area contributed by atoms with Gasteiger partial charge in [0.1, 0.15) is 22.7 Å². The lowest BCUT2D eigenvalue weighted by Crippen LogP contribution is -2.50. The summed E-state index contributed by atoms with van der Waals surface area (Å²) in [4.78, 5) is 37.0. The van der Waals surface area contributed by atoms with Crippen molar-refractivity contribution in [1.29, 1.82) is 0 Å². The number of hydrogen-bond acceptors (Lipinski definition) is 9. The molecule has 2 heterocycles. The van der Waals surface area contributed by atoms with E-state index in [9.17, 15) is 14.7 Å². The van der Waals surface area contributed by atoms with Crippen molar-refractivity contribution in [3.8, 4) is 16.9 Å². The molecule has 0 saturated carbocycles. The topological polar surface area (TPSA) is 117 Å². The van der Waals surface area contributed by atoms with E-state index in [-0.39, 0.29) is 40.8 Å². The Bertz CT molecular complexity index is 1700. The Kier molecular flexibility index (Phi) is 8.45. The number of anilines is 2. The normalized spacial score (nSPS) is 13.8. The molecule has 1 aliphatic heterocycles. The number of ether oxygens (including phenoxy) is 2. The van der Waals surface area contributed by atoms with Gasteiger partial charge in [-0.25, -0.2) is 14.2 Å². The quantitative estimate of drug-likeness (QED) is 0.255. The molecule has 1 fully saturated rings. The molecular formula is C31H33ClFN5O5. The highest BCUT2D eigenvalue weighted by molar-refractivity contribution is 6.35. The molecule has 10 nitrogen and oxygen atoms in total. The summed E-state index contributed by atoms with van der Waals surface area (Å²) >= 11 is 6.77. The van der Waals surface area contributed by atoms with Crippen molar-refractivity contribution in [2.45, 2.75) is 32.8 Å². The number of esters is 1. The number of fused-ring (bicyclic) bond motifs is 2. The molecule has 0 atom stereocenters. The molecule has 1 aromatic heterocycles. The number of carbonyl (C=O) groups excluding carboxylic acids is 2. The summed E-state index contributed by atoms with van der Waals surface area (Å²) in [7, 11) is 1.30. The fraction of sp³-hybridized carbons (Fsp3) is 0.355. The monoisotopic (exact) mass is 609 g/mol. The first-order chi connectivity index (χ1) is 20.4. The van der Waals surface area contributed by atoms with Crippen LogP contribution in [0.5, 0.6) is 5.75 Å². The molecule has 0 aliphatic carbocycles. The van der Waals surface area contributed by atoms with Crippen LogP contribution >= 0.6 is 11.6 Å². The first kappa shape index (κ1) is 30.1. The first-order valence-electron chi connectivity index (χ1n) is 13.9. The first-order valence-corrected chi connectivity index (χ1v) is 14.3. The van der Waals surface area contributed by atoms with Gasteiger partial charge < -0.3 is 29.7 Å². The maximum atomic E-state index is 16.6. The number of hydrogen-bond donors (Lipinski definition) is 2. The molecule has 1 saturated heterocycles. The molecule has 226 valence electrons. The summed E-state index contributed by atoms with van der Waals surface area (Å²) in [6.07, 6.45) is -0.340. The largest absolute Gasteiger partial charge is 0.508 e. The summed E-state index contributed by atoms with van der Waals surface area (Å²) in [5.74, 6) is -0.565. The van der Waals surface area contributed by atoms with Crippen molar-refractivity contribution < 1.29 is 28.6 Å². The summed E-state index contributed by atoms with van der Waals surface area (Å²) in [6.45, 7) is 7.17. The average Bonchev–Trinajstić information content (AvgIpc) is 2.96. The summed E-state index contributed by atoms with van der Waals surface area (Å²) in [5, 5.41) is 15.4. The predicted molar refractivity (Wildman–Crippen MR) is 164 cm³/mol. The van der Waals surface area contributed by atoms with Gasteiger partial charge in [-0.15, -0.1) is 0 Å². The third-order valence-corrected chi connectivity index (χ3v) is 7.35. The Morgan fingerprint density at radius 3 is 2.49 bits per heavy atom. The molecule has 3 aromatic carbocycles. The van der Waals surface area contributed by atoms with E-state index in [2.05, 4.69) is 15.3 Å². The number of aromatic nitrogens is 2. The van der Waals surface area contributed by atoms with E-state index < -0.39 is 23.5 Å². The lowest BCUT2D eigenvalue weighted by Gasteiger charge is -2.36. The van der Waals surface area contributed by atoms with Crippen LogP contribution in [0.25, 0.3) is 32.8 Å². The molecule has 0 radical (unpaired) electrons. The zero-order valence-electron chi connectivity index (χ0n) is 24.4. The highest BCUT2D eigenvalue weighted by atomic mass is 35.5. The number of phenols is 1. The van der Waals surface area contributed by atoms with Crippen LogP contribution in [0.15, 0.2) is 42.5 Å². The van der Waals surface area contributed by atoms with Gasteiger partial charge in [0.15, 0.2) is 5.82 Å². The van der Waals surface area contributed by atoms with E-state index in [1.54, 1.807) is 17.0 Å². The number of carbonyl (C=O) groups is 2. The molecule has 0 bridgehead atoms. The SMILES string of the molecule is COC(=O)CCNc1nc(N2CCN(C(=O)OC(C)(C)C)CC2)c2cc(Cl)c(-c3cc(O)cc4ccccc34)c(F)c2n1. The van der Waals surface area contributed by atoms with Gasteiger partial charge in [-0.05, 0) is 55.3 Å². The van der Waals surface area contributed by atoms with Gasteiger partial charge in [-0.2, -0.15) is 4.98 Å². The van der Waals surface area contributed by atoms with E-state index in [0.717, 1.165) is 5.39 Å². The van der Waals surface area contributed by atoms with Gasteiger partial charge in [-0.3, -0.25) is 4.79 Å². The molecule has 12 heteroatoms. The number of benzene rings is 3. The minimum absolute atomic E-state index is 0.0203. The van der Waals surface area contributed by atoms with Crippen LogP contribution in [-0.2, 0) is 14.3 Å². The van der Waals surface area contributed by atoms with Gasteiger partial charge in [0.25, 0.3) is 0 Å². The van der Waals surface area contributed by atoms with Crippen LogP contribution in [0.1, 0.15) is 27.2 Å². The number of amides is 1. The Balaban J connectivity index is 1.58. The van der Waals surface area contributed by atoms with Gasteiger partial charge >= 0.3 is 12.1 Å². The number of phenolic OH excluding ortho intramolecular Hbond substituents is 1. The van der Waals surface area contributed by atoms with Crippen molar-refractivity contribution in [2.24, 2.45) is 0 Å². The van der Waals surface area contributed by atoms with E-state index in [1.165, 1.54) is 13.2 Å². The summed E-state index contributed by atoms with van der Waals surface area (Å²) in [6, 6.07) is 12.0. The van der Waals surface area contributed by atoms with Crippen molar-refractivity contribution in [3.05, 3.63) is 53.3 Å². The van der Waals surface area contributed by atoms with Gasteiger partial charge in [-0.1, -0.05) is 35.9 Å². The molecule has 0 spiro atoms. The van der Waals surface area contributed by atoms with Gasteiger partial charge in [0.05, 0.1) is 18.6 Å². The number of nitrogens with zero attached hydrogens (tertiary/aromatic N) is 4. The van der Waals surface area contributed by atoms with Gasteiger partial charge in [0.2, 0.25) is 5.95 Å². The van der Waals surface area contributed by atoms with Crippen LogP contribution in [-0.4, -0.2) is 77.5 Å². The molecule has 0 unspecified atom stereocenters. The number of aromatic hydroxyl groups is 1. The molecule has 5 rings (SSSR count). The number of halogens is 2. The van der Waals surface area contributed by atoms with Crippen LogP contribution in [0.3, 0.4) is 0 Å². The van der Waals surface area contributed by atoms with Crippen LogP contribution in [0.4, 0.5) is 21.0 Å². The second-order valence-electron chi connectivity index (χ2n) is 11.2. The minimum Gasteiger partial charge on any atom is -0.508 e. The van der Waals surface area contributed by atoms with Crippen LogP contribution < -0.4 is 10.2 Å². The van der Waals surface area contributed by atoms with Crippen LogP contribution in [0, 0.1) is 5.82 Å². The maximum absolute atomic E-state index is 16.6. The van der Waals surface area contributed by atoms with Gasteiger partial charge in [0, 0.05) is 43.7 Å². The summed E-state index contributed by atoms with van der Waals surface area (Å²) < 4.78 is 26.8. The zero-order valence-corrected chi connectivity index (χ0v) is 25.2. The molecule has 1 amide bonds. The fourth-order valence-corrected chi connectivity index (χ4v) is 5.35. The molecule has 2 N–H and O–H groups in total. The van der Waals surface area contributed by atoms with E-state index in [1.807, 2.05) is 49.9 Å². The second-order valence-corrected chi connectivity index (χ2v) is 11.6. The van der Waals surface area contributed by atoms with E-state index in [0.29, 0.717) is 48.3 Å². The molecule has 1 aliphatic rings. The smallest absolute Gasteiger partial charge is 0.410 e. The number of piperazine rings is 1. The number of rotatable bonds is 6. The standard InChI is InChI=1S/C31H33ClFN5O5/c1-31(2,3)43-30(41)38-13-11-37(12-14-38)28-22-17-23(32)25(21-16-19(39)15-18-7-5-6-8-20(18)21)26(33)27(22)35-29(36-28)34-10-9-24(40)42-4/h5-8,15-17,39H,9-14H2,1-4H3,(H,34,35,36). The molecule has 43 heavy (non-hydrogen) atoms. The highest BCUT2D eigenvalue weighted by Gasteiger charge is 2.29. The number of nitrogens with one attached hydrogen (secondary N) is 1. The Labute approximate surface area is 253 Å². The minimum atomic E-state index is -0.676. The third-order valence-electron chi connectivity index (χ3n) is 7.05. The van der Waals surface area contributed by atoms with E-state index in [4.69, 9.17) is 21.1 Å². The summed E-state index contributed by atoms with van der Waals surface area (Å²) in [5.41, 5.74) is -0.0752. The lowest BCUT2D eigenvalue weighted by atomic mass is 9.96. The fourth-order valence-electron chi connectivity index (χ4n) is 5.05. The van der Waals surface area contributed by atoms with Crippen molar-refractivity contribution in [2.75, 3.05) is 50.1 Å². The van der Waals surface area contributed by atoms with Crippen molar-refractivity contribution in [3.63, 3.8) is 0 Å². The average molecular weight is 610 g/mol. The van der Waals surface area contributed by atoms with Crippen molar-refractivity contribution >= 4 is 57.1 Å². The highest BCUT2D eigenvalue weighted by Crippen LogP contribution is 2.42. The van der Waals surface area contributed by atoms with Crippen molar-refractivity contribution in [1.82, 2.24) is 14.9 Å². The molecule has 4 aromatic rings.